The number of aryl methyl sites for hydroxylation is 1. The summed E-state index contributed by atoms with van der Waals surface area (Å²) in [5.41, 5.74) is 3.53. The Morgan fingerprint density at radius 3 is 2.39 bits per heavy atom. The van der Waals surface area contributed by atoms with E-state index < -0.39 is 5.97 Å². The quantitative estimate of drug-likeness (QED) is 0.586. The Labute approximate surface area is 192 Å². The molecule has 0 spiro atoms. The van der Waals surface area contributed by atoms with Crippen molar-refractivity contribution in [2.24, 2.45) is 0 Å². The van der Waals surface area contributed by atoms with Crippen molar-refractivity contribution < 1.29 is 19.1 Å². The number of carbonyl (C=O) groups is 2. The van der Waals surface area contributed by atoms with Crippen LogP contribution in [0.2, 0.25) is 0 Å². The van der Waals surface area contributed by atoms with Gasteiger partial charge in [-0.05, 0) is 54.4 Å². The first-order chi connectivity index (χ1) is 15.9. The van der Waals surface area contributed by atoms with E-state index in [1.54, 1.807) is 36.4 Å². The van der Waals surface area contributed by atoms with Gasteiger partial charge in [0, 0.05) is 44.0 Å². The van der Waals surface area contributed by atoms with Crippen molar-refractivity contribution in [2.45, 2.75) is 13.5 Å². The van der Waals surface area contributed by atoms with Crippen molar-refractivity contribution in [3.8, 4) is 0 Å². The lowest BCUT2D eigenvalue weighted by molar-refractivity contribution is 0.0697. The number of piperazine rings is 1. The molecule has 1 saturated heterocycles. The fourth-order valence-electron chi connectivity index (χ4n) is 4.13. The summed E-state index contributed by atoms with van der Waals surface area (Å²) in [6, 6.07) is 18.8. The number of carboxylic acids is 1. The average Bonchev–Trinajstić information content (AvgIpc) is 2.80. The molecule has 0 bridgehead atoms. The number of nitrogens with one attached hydrogen (secondary N) is 1. The largest absolute Gasteiger partial charge is 0.478 e. The van der Waals surface area contributed by atoms with E-state index in [0.29, 0.717) is 36.6 Å². The number of hydrogen-bond donors (Lipinski definition) is 2. The summed E-state index contributed by atoms with van der Waals surface area (Å²) in [5, 5.41) is 12.6. The maximum Gasteiger partial charge on any atom is 0.337 e. The van der Waals surface area contributed by atoms with Gasteiger partial charge in [0.15, 0.2) is 0 Å². The number of rotatable bonds is 6. The minimum atomic E-state index is -1.04. The fourth-order valence-corrected chi connectivity index (χ4v) is 4.13. The molecule has 6 nitrogen and oxygen atoms in total. The molecule has 0 unspecified atom stereocenters. The zero-order valence-corrected chi connectivity index (χ0v) is 18.4. The minimum absolute atomic E-state index is 0.149. The van der Waals surface area contributed by atoms with Crippen LogP contribution < -0.4 is 10.2 Å². The highest BCUT2D eigenvalue weighted by Gasteiger charge is 2.22. The molecule has 2 N–H and O–H groups in total. The third-order valence-corrected chi connectivity index (χ3v) is 5.88. The van der Waals surface area contributed by atoms with Gasteiger partial charge >= 0.3 is 5.97 Å². The molecule has 0 atom stereocenters. The van der Waals surface area contributed by atoms with E-state index in [9.17, 15) is 19.1 Å². The first-order valence-corrected chi connectivity index (χ1v) is 10.9. The Morgan fingerprint density at radius 1 is 0.939 bits per heavy atom. The van der Waals surface area contributed by atoms with Crippen LogP contribution in [-0.4, -0.2) is 48.1 Å². The van der Waals surface area contributed by atoms with Crippen molar-refractivity contribution in [3.63, 3.8) is 0 Å². The topological polar surface area (TPSA) is 72.9 Å². The van der Waals surface area contributed by atoms with Crippen molar-refractivity contribution in [3.05, 3.63) is 94.8 Å². The number of carboxylic acid groups (broad SMARTS) is 1. The number of hydrogen-bond acceptors (Lipinski definition) is 4. The second-order valence-electron chi connectivity index (χ2n) is 8.20. The maximum absolute atomic E-state index is 13.4. The van der Waals surface area contributed by atoms with Crippen LogP contribution in [0, 0.1) is 12.7 Å². The SMILES string of the molecule is Cc1ccccc1C(=O)Nc1ccc(N2CCN(Cc3cccc(F)c3)CC2)c(C(=O)O)c1. The van der Waals surface area contributed by atoms with Gasteiger partial charge in [0.25, 0.3) is 5.91 Å². The van der Waals surface area contributed by atoms with Crippen molar-refractivity contribution in [1.82, 2.24) is 4.90 Å². The molecule has 1 aliphatic rings. The molecule has 0 aromatic heterocycles. The first kappa shape index (κ1) is 22.5. The summed E-state index contributed by atoms with van der Waals surface area (Å²) >= 11 is 0. The third-order valence-electron chi connectivity index (χ3n) is 5.88. The van der Waals surface area contributed by atoms with Gasteiger partial charge in [0.05, 0.1) is 11.3 Å². The average molecular weight is 448 g/mol. The van der Waals surface area contributed by atoms with Gasteiger partial charge in [-0.3, -0.25) is 9.69 Å². The Bertz CT molecular complexity index is 1170. The number of anilines is 2. The molecular formula is C26H26FN3O3. The summed E-state index contributed by atoms with van der Waals surface area (Å²) in [4.78, 5) is 28.9. The summed E-state index contributed by atoms with van der Waals surface area (Å²) < 4.78 is 13.4. The summed E-state index contributed by atoms with van der Waals surface area (Å²) in [6.07, 6.45) is 0. The normalized spacial score (nSPS) is 14.2. The zero-order chi connectivity index (χ0) is 23.4. The highest BCUT2D eigenvalue weighted by atomic mass is 19.1. The number of amides is 1. The first-order valence-electron chi connectivity index (χ1n) is 10.9. The fraction of sp³-hybridized carbons (Fsp3) is 0.231. The van der Waals surface area contributed by atoms with Crippen molar-refractivity contribution >= 4 is 23.3 Å². The van der Waals surface area contributed by atoms with Gasteiger partial charge in [-0.15, -0.1) is 0 Å². The van der Waals surface area contributed by atoms with Gasteiger partial charge in [-0.2, -0.15) is 0 Å². The van der Waals surface area contributed by atoms with Crippen molar-refractivity contribution in [2.75, 3.05) is 36.4 Å². The Balaban J connectivity index is 1.44. The van der Waals surface area contributed by atoms with Gasteiger partial charge in [0.2, 0.25) is 0 Å². The summed E-state index contributed by atoms with van der Waals surface area (Å²) in [5.74, 6) is -1.56. The van der Waals surface area contributed by atoms with Gasteiger partial charge < -0.3 is 15.3 Å². The summed E-state index contributed by atoms with van der Waals surface area (Å²) in [7, 11) is 0. The number of carbonyl (C=O) groups excluding carboxylic acids is 1. The monoisotopic (exact) mass is 447 g/mol. The zero-order valence-electron chi connectivity index (χ0n) is 18.4. The van der Waals surface area contributed by atoms with Crippen LogP contribution in [0.5, 0.6) is 0 Å². The number of benzene rings is 3. The van der Waals surface area contributed by atoms with E-state index in [4.69, 9.17) is 0 Å². The van der Waals surface area contributed by atoms with Gasteiger partial charge in [0.1, 0.15) is 5.82 Å². The lowest BCUT2D eigenvalue weighted by atomic mass is 10.1. The van der Waals surface area contributed by atoms with Crippen LogP contribution in [0.1, 0.15) is 31.8 Å². The molecule has 33 heavy (non-hydrogen) atoms. The molecule has 170 valence electrons. The highest BCUT2D eigenvalue weighted by Crippen LogP contribution is 2.26. The minimum Gasteiger partial charge on any atom is -0.478 e. The van der Waals surface area contributed by atoms with Crippen LogP contribution in [0.3, 0.4) is 0 Å². The lowest BCUT2D eigenvalue weighted by Crippen LogP contribution is -2.46. The molecular weight excluding hydrogens is 421 g/mol. The smallest absolute Gasteiger partial charge is 0.337 e. The molecule has 0 radical (unpaired) electrons. The van der Waals surface area contributed by atoms with E-state index in [0.717, 1.165) is 24.2 Å². The van der Waals surface area contributed by atoms with E-state index >= 15 is 0 Å². The van der Waals surface area contributed by atoms with E-state index in [1.165, 1.54) is 12.1 Å². The number of halogens is 1. The van der Waals surface area contributed by atoms with E-state index in [2.05, 4.69) is 10.2 Å². The molecule has 1 fully saturated rings. The number of aromatic carboxylic acids is 1. The van der Waals surface area contributed by atoms with Crippen LogP contribution in [0.25, 0.3) is 0 Å². The Morgan fingerprint density at radius 2 is 1.70 bits per heavy atom. The molecule has 3 aromatic rings. The van der Waals surface area contributed by atoms with Crippen LogP contribution in [-0.2, 0) is 6.54 Å². The molecule has 1 heterocycles. The second kappa shape index (κ2) is 9.83. The predicted octanol–water partition coefficient (Wildman–Crippen LogP) is 4.41. The standard InChI is InChI=1S/C26H26FN3O3/c1-18-5-2-3-8-22(18)25(31)28-21-9-10-24(23(16-21)26(32)33)30-13-11-29(12-14-30)17-19-6-4-7-20(27)15-19/h2-10,15-16H,11-14,17H2,1H3,(H,28,31)(H,32,33). The molecule has 0 saturated carbocycles. The molecule has 0 aliphatic carbocycles. The highest BCUT2D eigenvalue weighted by molar-refractivity contribution is 6.06. The Hall–Kier alpha value is -3.71. The molecule has 1 aliphatic heterocycles. The molecule has 4 rings (SSSR count). The third kappa shape index (κ3) is 5.38. The number of nitrogens with zero attached hydrogens (tertiary/aromatic N) is 2. The van der Waals surface area contributed by atoms with Gasteiger partial charge in [-0.25, -0.2) is 9.18 Å². The molecule has 1 amide bonds. The van der Waals surface area contributed by atoms with Crippen molar-refractivity contribution in [1.29, 1.82) is 0 Å². The van der Waals surface area contributed by atoms with E-state index in [-0.39, 0.29) is 17.3 Å². The Kier molecular flexibility index (Phi) is 6.70. The molecule has 3 aromatic carbocycles. The van der Waals surface area contributed by atoms with Gasteiger partial charge in [-0.1, -0.05) is 30.3 Å². The van der Waals surface area contributed by atoms with Crippen LogP contribution in [0.15, 0.2) is 66.7 Å². The predicted molar refractivity (Wildman–Crippen MR) is 126 cm³/mol. The second-order valence-corrected chi connectivity index (χ2v) is 8.20. The van der Waals surface area contributed by atoms with Crippen LogP contribution >= 0.6 is 0 Å². The summed E-state index contributed by atoms with van der Waals surface area (Å²) in [6.45, 7) is 5.30. The van der Waals surface area contributed by atoms with E-state index in [1.807, 2.05) is 30.0 Å². The van der Waals surface area contributed by atoms with Crippen LogP contribution in [0.4, 0.5) is 15.8 Å². The maximum atomic E-state index is 13.4. The lowest BCUT2D eigenvalue weighted by Gasteiger charge is -2.36. The molecule has 7 heteroatoms.